The van der Waals surface area contributed by atoms with Crippen molar-refractivity contribution in [2.24, 2.45) is 0 Å². The molecule has 0 aliphatic heterocycles. The molecule has 0 N–H and O–H groups in total. The van der Waals surface area contributed by atoms with Gasteiger partial charge in [-0.3, -0.25) is 8.37 Å². The van der Waals surface area contributed by atoms with Crippen molar-refractivity contribution in [2.45, 2.75) is 49.5 Å². The fourth-order valence-electron chi connectivity index (χ4n) is 2.32. The van der Waals surface area contributed by atoms with Crippen LogP contribution in [0.15, 0.2) is 58.3 Å². The lowest BCUT2D eigenvalue weighted by molar-refractivity contribution is 0.166. The first kappa shape index (κ1) is 21.6. The Morgan fingerprint density at radius 2 is 1.22 bits per heavy atom. The third-order valence-corrected chi connectivity index (χ3v) is 6.72. The van der Waals surface area contributed by atoms with Crippen molar-refractivity contribution >= 4 is 20.2 Å². The Bertz CT molecular complexity index is 946. The standard InChI is InChI=1S/C19H24O6S2/c1-4-17(25-27(22,23)19-11-7-16(3)8-12-19)13-14-24-26(20,21)18-9-5-15(2)6-10-18/h5-12,17H,4,13-14H2,1-3H3. The van der Waals surface area contributed by atoms with Crippen LogP contribution in [0.25, 0.3) is 0 Å². The first-order valence-corrected chi connectivity index (χ1v) is 11.4. The SMILES string of the molecule is CCC(CCOS(=O)(=O)c1ccc(C)cc1)OS(=O)(=O)c1ccc(C)cc1. The number of hydrogen-bond acceptors (Lipinski definition) is 6. The molecule has 2 aromatic rings. The quantitative estimate of drug-likeness (QED) is 0.585. The molecule has 6 nitrogen and oxygen atoms in total. The van der Waals surface area contributed by atoms with Gasteiger partial charge >= 0.3 is 0 Å². The predicted molar refractivity (Wildman–Crippen MR) is 102 cm³/mol. The van der Waals surface area contributed by atoms with Crippen LogP contribution in [0, 0.1) is 13.8 Å². The molecule has 0 saturated carbocycles. The average Bonchev–Trinajstić information content (AvgIpc) is 2.61. The maximum Gasteiger partial charge on any atom is 0.297 e. The van der Waals surface area contributed by atoms with Gasteiger partial charge in [-0.15, -0.1) is 0 Å². The lowest BCUT2D eigenvalue weighted by Gasteiger charge is -2.16. The fourth-order valence-corrected chi connectivity index (χ4v) is 4.41. The maximum absolute atomic E-state index is 12.3. The molecule has 0 fully saturated rings. The van der Waals surface area contributed by atoms with Crippen LogP contribution >= 0.6 is 0 Å². The molecule has 0 spiro atoms. The molecular weight excluding hydrogens is 388 g/mol. The third kappa shape index (κ3) is 6.14. The van der Waals surface area contributed by atoms with Gasteiger partial charge in [-0.05, 0) is 51.0 Å². The summed E-state index contributed by atoms with van der Waals surface area (Å²) in [4.78, 5) is 0.133. The van der Waals surface area contributed by atoms with Gasteiger partial charge in [0.1, 0.15) is 0 Å². The largest absolute Gasteiger partial charge is 0.297 e. The summed E-state index contributed by atoms with van der Waals surface area (Å²) in [6, 6.07) is 12.7. The third-order valence-electron chi connectivity index (χ3n) is 4.02. The minimum absolute atomic E-state index is 0.0642. The van der Waals surface area contributed by atoms with E-state index < -0.39 is 26.3 Å². The molecule has 0 aliphatic rings. The molecule has 0 radical (unpaired) electrons. The normalized spacial score (nSPS) is 13.4. The molecular formula is C19H24O6S2. The van der Waals surface area contributed by atoms with E-state index in [2.05, 4.69) is 0 Å². The van der Waals surface area contributed by atoms with Gasteiger partial charge in [-0.25, -0.2) is 0 Å². The number of hydrogen-bond donors (Lipinski definition) is 0. The minimum Gasteiger partial charge on any atom is -0.266 e. The molecule has 0 aromatic heterocycles. The number of aryl methyl sites for hydroxylation is 2. The van der Waals surface area contributed by atoms with E-state index in [1.807, 2.05) is 13.8 Å². The maximum atomic E-state index is 12.3. The average molecular weight is 413 g/mol. The summed E-state index contributed by atoms with van der Waals surface area (Å²) in [5.41, 5.74) is 1.88. The van der Waals surface area contributed by atoms with Crippen LogP contribution in [-0.4, -0.2) is 29.5 Å². The highest BCUT2D eigenvalue weighted by Gasteiger charge is 2.22. The topological polar surface area (TPSA) is 86.7 Å². The van der Waals surface area contributed by atoms with Crippen LogP contribution in [0.2, 0.25) is 0 Å². The highest BCUT2D eigenvalue weighted by molar-refractivity contribution is 7.87. The van der Waals surface area contributed by atoms with E-state index in [0.717, 1.165) is 11.1 Å². The highest BCUT2D eigenvalue weighted by atomic mass is 32.2. The molecule has 0 amide bonds. The van der Waals surface area contributed by atoms with Crippen LogP contribution in [-0.2, 0) is 28.6 Å². The van der Waals surface area contributed by atoms with Gasteiger partial charge in [-0.1, -0.05) is 42.3 Å². The Kier molecular flexibility index (Phi) is 7.16. The van der Waals surface area contributed by atoms with Crippen molar-refractivity contribution in [2.75, 3.05) is 6.61 Å². The summed E-state index contributed by atoms with van der Waals surface area (Å²) in [6.45, 7) is 5.31. The van der Waals surface area contributed by atoms with Gasteiger partial charge in [0.2, 0.25) is 0 Å². The molecule has 0 heterocycles. The molecule has 27 heavy (non-hydrogen) atoms. The Hall–Kier alpha value is -1.74. The highest BCUT2D eigenvalue weighted by Crippen LogP contribution is 2.19. The smallest absolute Gasteiger partial charge is 0.266 e. The minimum atomic E-state index is -3.92. The summed E-state index contributed by atoms with van der Waals surface area (Å²) in [7, 11) is -7.80. The molecule has 2 rings (SSSR count). The Balaban J connectivity index is 1.97. The van der Waals surface area contributed by atoms with E-state index in [0.29, 0.717) is 6.42 Å². The number of rotatable bonds is 9. The molecule has 148 valence electrons. The van der Waals surface area contributed by atoms with E-state index in [1.165, 1.54) is 24.3 Å². The summed E-state index contributed by atoms with van der Waals surface area (Å²) in [5.74, 6) is 0. The van der Waals surface area contributed by atoms with E-state index >= 15 is 0 Å². The summed E-state index contributed by atoms with van der Waals surface area (Å²) < 4.78 is 59.3. The molecule has 0 bridgehead atoms. The van der Waals surface area contributed by atoms with Gasteiger partial charge in [0.25, 0.3) is 20.2 Å². The first-order valence-electron chi connectivity index (χ1n) is 8.60. The first-order chi connectivity index (χ1) is 12.6. The molecule has 0 aliphatic carbocycles. The molecule has 1 atom stereocenters. The summed E-state index contributed by atoms with van der Waals surface area (Å²) >= 11 is 0. The van der Waals surface area contributed by atoms with Crippen LogP contribution in [0.3, 0.4) is 0 Å². The van der Waals surface area contributed by atoms with Gasteiger partial charge < -0.3 is 0 Å². The molecule has 0 saturated heterocycles. The number of benzene rings is 2. The van der Waals surface area contributed by atoms with Crippen LogP contribution in [0.5, 0.6) is 0 Å². The fraction of sp³-hybridized carbons (Fsp3) is 0.368. The van der Waals surface area contributed by atoms with Crippen LogP contribution in [0.4, 0.5) is 0 Å². The van der Waals surface area contributed by atoms with E-state index in [4.69, 9.17) is 8.37 Å². The van der Waals surface area contributed by atoms with Crippen molar-refractivity contribution in [3.63, 3.8) is 0 Å². The second-order valence-electron chi connectivity index (χ2n) is 6.27. The Morgan fingerprint density at radius 1 is 0.778 bits per heavy atom. The summed E-state index contributed by atoms with van der Waals surface area (Å²) in [5, 5.41) is 0. The van der Waals surface area contributed by atoms with Crippen molar-refractivity contribution in [1.82, 2.24) is 0 Å². The lowest BCUT2D eigenvalue weighted by Crippen LogP contribution is -2.21. The lowest BCUT2D eigenvalue weighted by atomic mass is 10.2. The van der Waals surface area contributed by atoms with Crippen LogP contribution in [0.1, 0.15) is 30.9 Å². The monoisotopic (exact) mass is 412 g/mol. The van der Waals surface area contributed by atoms with E-state index in [1.54, 1.807) is 31.2 Å². The summed E-state index contributed by atoms with van der Waals surface area (Å²) in [6.07, 6.45) is -0.143. The molecule has 2 aromatic carbocycles. The van der Waals surface area contributed by atoms with Crippen molar-refractivity contribution in [3.8, 4) is 0 Å². The Labute approximate surface area is 161 Å². The molecule has 1 unspecified atom stereocenters. The van der Waals surface area contributed by atoms with Gasteiger partial charge in [0, 0.05) is 0 Å². The zero-order chi connectivity index (χ0) is 20.1. The van der Waals surface area contributed by atoms with Gasteiger partial charge in [0.15, 0.2) is 0 Å². The predicted octanol–water partition coefficient (Wildman–Crippen LogP) is 3.58. The second kappa shape index (κ2) is 8.97. The van der Waals surface area contributed by atoms with Crippen molar-refractivity contribution in [1.29, 1.82) is 0 Å². The molecule has 8 heteroatoms. The zero-order valence-corrected chi connectivity index (χ0v) is 17.2. The van der Waals surface area contributed by atoms with Gasteiger partial charge in [-0.2, -0.15) is 16.8 Å². The van der Waals surface area contributed by atoms with Crippen molar-refractivity contribution < 1.29 is 25.2 Å². The second-order valence-corrected chi connectivity index (χ2v) is 9.46. The Morgan fingerprint density at radius 3 is 1.67 bits per heavy atom. The van der Waals surface area contributed by atoms with E-state index in [-0.39, 0.29) is 22.8 Å². The van der Waals surface area contributed by atoms with Crippen molar-refractivity contribution in [3.05, 3.63) is 59.7 Å². The van der Waals surface area contributed by atoms with Gasteiger partial charge in [0.05, 0.1) is 22.5 Å². The van der Waals surface area contributed by atoms with E-state index in [9.17, 15) is 16.8 Å². The zero-order valence-electron chi connectivity index (χ0n) is 15.6. The van der Waals surface area contributed by atoms with Crippen LogP contribution < -0.4 is 0 Å².